The first-order chi connectivity index (χ1) is 15.3. The molecule has 6 N–H and O–H groups in total. The molecule has 0 unspecified atom stereocenters. The van der Waals surface area contributed by atoms with Crippen molar-refractivity contribution in [3.05, 3.63) is 105 Å². The summed E-state index contributed by atoms with van der Waals surface area (Å²) >= 11 is 0. The van der Waals surface area contributed by atoms with Crippen LogP contribution in [0.25, 0.3) is 10.9 Å². The maximum absolute atomic E-state index is 12.8. The molecule has 0 amide bonds. The number of nitrogens with two attached hydrogens (primary N) is 2. The van der Waals surface area contributed by atoms with Crippen molar-refractivity contribution in [3.8, 4) is 11.5 Å². The summed E-state index contributed by atoms with van der Waals surface area (Å²) in [7, 11) is 0. The first-order valence-electron chi connectivity index (χ1n) is 10.0. The van der Waals surface area contributed by atoms with Gasteiger partial charge >= 0.3 is 0 Å². The zero-order valence-corrected chi connectivity index (χ0v) is 17.6. The van der Waals surface area contributed by atoms with Crippen molar-refractivity contribution in [2.75, 3.05) is 0 Å². The average molecular weight is 425 g/mol. The molecule has 160 valence electrons. The van der Waals surface area contributed by atoms with Crippen LogP contribution in [-0.2, 0) is 6.54 Å². The van der Waals surface area contributed by atoms with Gasteiger partial charge in [-0.25, -0.2) is 0 Å². The standard InChI is InChI=1S/C25H23N5O2/c1-15-10-23(31)30(14-16-4-2-5-17(11-16)24(26)27)22-9-8-20(13-21(15)22)32-19-7-3-6-18(12-19)25(28)29/h2-13H,14H2,1H3,(H3,26,27)(H3,28,29). The Balaban J connectivity index is 1.73. The zero-order chi connectivity index (χ0) is 22.8. The van der Waals surface area contributed by atoms with Crippen LogP contribution in [0.2, 0.25) is 0 Å². The van der Waals surface area contributed by atoms with E-state index in [0.29, 0.717) is 29.2 Å². The smallest absolute Gasteiger partial charge is 0.251 e. The van der Waals surface area contributed by atoms with E-state index in [1.54, 1.807) is 41.0 Å². The van der Waals surface area contributed by atoms with Crippen LogP contribution in [0.5, 0.6) is 11.5 Å². The predicted octanol–water partition coefficient (Wildman–Crippen LogP) is 3.72. The molecule has 1 heterocycles. The number of ether oxygens (including phenoxy) is 1. The van der Waals surface area contributed by atoms with Crippen molar-refractivity contribution in [3.63, 3.8) is 0 Å². The third kappa shape index (κ3) is 4.22. The summed E-state index contributed by atoms with van der Waals surface area (Å²) in [6.07, 6.45) is 0. The van der Waals surface area contributed by atoms with Crippen LogP contribution in [0.4, 0.5) is 0 Å². The van der Waals surface area contributed by atoms with Gasteiger partial charge < -0.3 is 20.8 Å². The third-order valence-corrected chi connectivity index (χ3v) is 5.25. The minimum Gasteiger partial charge on any atom is -0.457 e. The Morgan fingerprint density at radius 3 is 2.25 bits per heavy atom. The topological polar surface area (TPSA) is 131 Å². The Morgan fingerprint density at radius 1 is 0.875 bits per heavy atom. The van der Waals surface area contributed by atoms with E-state index < -0.39 is 0 Å². The van der Waals surface area contributed by atoms with E-state index in [9.17, 15) is 4.79 Å². The van der Waals surface area contributed by atoms with Gasteiger partial charge in [-0.05, 0) is 54.4 Å². The van der Waals surface area contributed by atoms with Crippen LogP contribution in [0.15, 0.2) is 77.6 Å². The molecule has 4 aromatic rings. The lowest BCUT2D eigenvalue weighted by atomic mass is 10.1. The van der Waals surface area contributed by atoms with Crippen LogP contribution < -0.4 is 21.8 Å². The van der Waals surface area contributed by atoms with Gasteiger partial charge in [0.25, 0.3) is 5.56 Å². The third-order valence-electron chi connectivity index (χ3n) is 5.25. The summed E-state index contributed by atoms with van der Waals surface area (Å²) in [4.78, 5) is 12.8. The molecule has 7 heteroatoms. The molecular formula is C25H23N5O2. The Bertz CT molecular complexity index is 1420. The maximum atomic E-state index is 12.8. The summed E-state index contributed by atoms with van der Waals surface area (Å²) in [5.41, 5.74) is 14.8. The van der Waals surface area contributed by atoms with E-state index in [2.05, 4.69) is 0 Å². The number of hydrogen-bond donors (Lipinski definition) is 4. The molecule has 0 spiro atoms. The Morgan fingerprint density at radius 2 is 1.53 bits per heavy atom. The average Bonchev–Trinajstić information content (AvgIpc) is 2.77. The number of pyridine rings is 1. The SMILES string of the molecule is Cc1cc(=O)n(Cc2cccc(C(=N)N)c2)c2ccc(Oc3cccc(C(=N)N)c3)cc12. The number of nitrogens with zero attached hydrogens (tertiary/aromatic N) is 1. The van der Waals surface area contributed by atoms with Gasteiger partial charge in [-0.15, -0.1) is 0 Å². The predicted molar refractivity (Wildman–Crippen MR) is 127 cm³/mol. The van der Waals surface area contributed by atoms with Crippen molar-refractivity contribution < 1.29 is 4.74 Å². The van der Waals surface area contributed by atoms with Gasteiger partial charge in [-0.2, -0.15) is 0 Å². The quantitative estimate of drug-likeness (QED) is 0.277. The Labute approximate surface area is 184 Å². The van der Waals surface area contributed by atoms with Crippen LogP contribution in [0.3, 0.4) is 0 Å². The lowest BCUT2D eigenvalue weighted by Gasteiger charge is -2.14. The van der Waals surface area contributed by atoms with E-state index in [0.717, 1.165) is 22.0 Å². The monoisotopic (exact) mass is 425 g/mol. The van der Waals surface area contributed by atoms with E-state index in [-0.39, 0.29) is 17.2 Å². The van der Waals surface area contributed by atoms with Crippen LogP contribution in [0, 0.1) is 17.7 Å². The highest BCUT2D eigenvalue weighted by molar-refractivity contribution is 5.95. The van der Waals surface area contributed by atoms with Crippen molar-refractivity contribution in [1.82, 2.24) is 4.57 Å². The van der Waals surface area contributed by atoms with Crippen molar-refractivity contribution >= 4 is 22.6 Å². The molecule has 0 radical (unpaired) electrons. The molecule has 0 saturated heterocycles. The summed E-state index contributed by atoms with van der Waals surface area (Å²) in [5.74, 6) is 1.15. The lowest BCUT2D eigenvalue weighted by molar-refractivity contribution is 0.483. The molecule has 0 fully saturated rings. The number of amidine groups is 2. The molecule has 0 aliphatic rings. The van der Waals surface area contributed by atoms with Gasteiger partial charge in [0, 0.05) is 22.6 Å². The molecule has 0 atom stereocenters. The van der Waals surface area contributed by atoms with E-state index in [4.69, 9.17) is 27.0 Å². The van der Waals surface area contributed by atoms with E-state index in [1.165, 1.54) is 0 Å². The number of nitrogens with one attached hydrogen (secondary N) is 2. The highest BCUT2D eigenvalue weighted by atomic mass is 16.5. The zero-order valence-electron chi connectivity index (χ0n) is 17.6. The summed E-state index contributed by atoms with van der Waals surface area (Å²) in [6.45, 7) is 2.25. The fraction of sp³-hybridized carbons (Fsp3) is 0.0800. The largest absolute Gasteiger partial charge is 0.457 e. The molecule has 1 aromatic heterocycles. The number of benzene rings is 3. The molecule has 4 rings (SSSR count). The van der Waals surface area contributed by atoms with Gasteiger partial charge in [0.15, 0.2) is 0 Å². The number of aromatic nitrogens is 1. The molecule has 3 aromatic carbocycles. The van der Waals surface area contributed by atoms with Crippen LogP contribution in [-0.4, -0.2) is 16.2 Å². The summed E-state index contributed by atoms with van der Waals surface area (Å²) < 4.78 is 7.68. The maximum Gasteiger partial charge on any atom is 0.251 e. The van der Waals surface area contributed by atoms with Gasteiger partial charge in [0.05, 0.1) is 12.1 Å². The second-order valence-corrected chi connectivity index (χ2v) is 7.59. The molecule has 7 nitrogen and oxygen atoms in total. The molecule has 0 aliphatic carbocycles. The number of nitrogen functional groups attached to an aromatic ring is 2. The number of rotatable bonds is 6. The second kappa shape index (κ2) is 8.39. The molecule has 32 heavy (non-hydrogen) atoms. The molecule has 0 bridgehead atoms. The minimum atomic E-state index is -0.106. The summed E-state index contributed by atoms with van der Waals surface area (Å²) in [5, 5.41) is 16.1. The first-order valence-corrected chi connectivity index (χ1v) is 10.0. The van der Waals surface area contributed by atoms with E-state index in [1.807, 2.05) is 43.3 Å². The summed E-state index contributed by atoms with van der Waals surface area (Å²) in [6, 6.07) is 21.5. The number of aryl methyl sites for hydroxylation is 1. The molecule has 0 aliphatic heterocycles. The van der Waals surface area contributed by atoms with Gasteiger partial charge in [-0.3, -0.25) is 15.6 Å². The van der Waals surface area contributed by atoms with Crippen LogP contribution >= 0.6 is 0 Å². The fourth-order valence-corrected chi connectivity index (χ4v) is 3.64. The fourth-order valence-electron chi connectivity index (χ4n) is 3.64. The van der Waals surface area contributed by atoms with Crippen molar-refractivity contribution in [2.45, 2.75) is 13.5 Å². The lowest BCUT2D eigenvalue weighted by Crippen LogP contribution is -2.21. The molecular weight excluding hydrogens is 402 g/mol. The Kier molecular flexibility index (Phi) is 5.47. The minimum absolute atomic E-state index is 0.0106. The highest BCUT2D eigenvalue weighted by Crippen LogP contribution is 2.27. The van der Waals surface area contributed by atoms with Crippen molar-refractivity contribution in [2.24, 2.45) is 11.5 Å². The van der Waals surface area contributed by atoms with Crippen LogP contribution in [0.1, 0.15) is 22.3 Å². The Hall–Kier alpha value is -4.39. The number of fused-ring (bicyclic) bond motifs is 1. The molecule has 0 saturated carbocycles. The van der Waals surface area contributed by atoms with Gasteiger partial charge in [0.2, 0.25) is 0 Å². The first kappa shape index (κ1) is 20.9. The second-order valence-electron chi connectivity index (χ2n) is 7.59. The van der Waals surface area contributed by atoms with Crippen molar-refractivity contribution in [1.29, 1.82) is 10.8 Å². The number of hydrogen-bond acceptors (Lipinski definition) is 4. The van der Waals surface area contributed by atoms with Gasteiger partial charge in [-0.1, -0.05) is 30.3 Å². The van der Waals surface area contributed by atoms with Gasteiger partial charge in [0.1, 0.15) is 23.2 Å². The van der Waals surface area contributed by atoms with E-state index >= 15 is 0 Å². The highest BCUT2D eigenvalue weighted by Gasteiger charge is 2.10. The normalized spacial score (nSPS) is 10.8.